The monoisotopic (exact) mass is 282 g/mol. The molecule has 0 aromatic heterocycles. The van der Waals surface area contributed by atoms with Crippen LogP contribution in [-0.2, 0) is 0 Å². The summed E-state index contributed by atoms with van der Waals surface area (Å²) in [7, 11) is 1.60. The van der Waals surface area contributed by atoms with Crippen LogP contribution in [0.5, 0.6) is 0 Å². The zero-order valence-corrected chi connectivity index (χ0v) is 12.0. The highest BCUT2D eigenvalue weighted by molar-refractivity contribution is 5.99. The minimum Gasteiger partial charge on any atom is -0.478 e. The molecule has 0 heterocycles. The molecular weight excluding hydrogens is 263 g/mol. The predicted octanol–water partition coefficient (Wildman–Crippen LogP) is 3.03. The van der Waals surface area contributed by atoms with Gasteiger partial charge in [-0.3, -0.25) is 0 Å². The summed E-state index contributed by atoms with van der Waals surface area (Å²) in [6.45, 7) is 6.40. The third kappa shape index (κ3) is 4.53. The van der Waals surface area contributed by atoms with E-state index in [-0.39, 0.29) is 16.7 Å². The van der Waals surface area contributed by atoms with Gasteiger partial charge in [0.1, 0.15) is 5.82 Å². The average molecular weight is 282 g/mol. The number of nitrogens with zero attached hydrogens (tertiary/aromatic N) is 1. The topological polar surface area (TPSA) is 69.6 Å². The van der Waals surface area contributed by atoms with Crippen LogP contribution >= 0.6 is 0 Å². The number of hydrogen-bond donors (Lipinski definition) is 2. The van der Waals surface area contributed by atoms with Crippen molar-refractivity contribution >= 4 is 17.7 Å². The number of carbonyl (C=O) groups is 2. The molecule has 0 aliphatic carbocycles. The Morgan fingerprint density at radius 2 is 1.95 bits per heavy atom. The number of aromatic carboxylic acids is 1. The van der Waals surface area contributed by atoms with Gasteiger partial charge in [0.15, 0.2) is 0 Å². The first-order valence-electron chi connectivity index (χ1n) is 6.15. The summed E-state index contributed by atoms with van der Waals surface area (Å²) in [5.74, 6) is -1.83. The molecule has 110 valence electrons. The van der Waals surface area contributed by atoms with E-state index in [9.17, 15) is 14.0 Å². The molecule has 6 heteroatoms. The van der Waals surface area contributed by atoms with Crippen LogP contribution in [0, 0.1) is 11.2 Å². The van der Waals surface area contributed by atoms with Gasteiger partial charge in [-0.2, -0.15) is 0 Å². The number of nitrogens with one attached hydrogen (secondary N) is 1. The summed E-state index contributed by atoms with van der Waals surface area (Å²) in [5, 5.41) is 11.4. The fraction of sp³-hybridized carbons (Fsp3) is 0.429. The number of rotatable bonds is 3. The van der Waals surface area contributed by atoms with E-state index in [1.54, 1.807) is 7.05 Å². The third-order valence-electron chi connectivity index (χ3n) is 2.51. The maximum Gasteiger partial charge on any atom is 0.337 e. The van der Waals surface area contributed by atoms with E-state index in [0.717, 1.165) is 18.2 Å². The molecule has 2 N–H and O–H groups in total. The van der Waals surface area contributed by atoms with Crippen molar-refractivity contribution < 1.29 is 19.1 Å². The Morgan fingerprint density at radius 3 is 2.45 bits per heavy atom. The molecular formula is C14H19FN2O3. The zero-order valence-electron chi connectivity index (χ0n) is 12.0. The van der Waals surface area contributed by atoms with Gasteiger partial charge in [0.2, 0.25) is 0 Å². The molecule has 1 aromatic rings. The average Bonchev–Trinajstić information content (AvgIpc) is 2.26. The Hall–Kier alpha value is -2.11. The first kappa shape index (κ1) is 15.9. The molecule has 0 radical (unpaired) electrons. The van der Waals surface area contributed by atoms with Crippen LogP contribution in [0.15, 0.2) is 18.2 Å². The highest BCUT2D eigenvalue weighted by Gasteiger charge is 2.19. The van der Waals surface area contributed by atoms with Crippen molar-refractivity contribution in [1.82, 2.24) is 4.90 Å². The Balaban J connectivity index is 2.90. The predicted molar refractivity (Wildman–Crippen MR) is 74.5 cm³/mol. The first-order valence-corrected chi connectivity index (χ1v) is 6.15. The highest BCUT2D eigenvalue weighted by Crippen LogP contribution is 2.19. The van der Waals surface area contributed by atoms with Gasteiger partial charge in [-0.1, -0.05) is 20.8 Å². The Kier molecular flexibility index (Phi) is 4.70. The van der Waals surface area contributed by atoms with Crippen molar-refractivity contribution in [2.24, 2.45) is 5.41 Å². The van der Waals surface area contributed by atoms with Crippen LogP contribution in [0.2, 0.25) is 0 Å². The molecule has 0 aliphatic rings. The number of anilines is 1. The van der Waals surface area contributed by atoms with E-state index in [4.69, 9.17) is 5.11 Å². The molecule has 0 fully saturated rings. The van der Waals surface area contributed by atoms with Gasteiger partial charge < -0.3 is 15.3 Å². The van der Waals surface area contributed by atoms with Gasteiger partial charge in [-0.05, 0) is 23.6 Å². The Bertz CT molecular complexity index is 524. The van der Waals surface area contributed by atoms with Gasteiger partial charge in [0, 0.05) is 13.6 Å². The molecule has 0 atom stereocenters. The number of amides is 2. The second-order valence-corrected chi connectivity index (χ2v) is 5.84. The van der Waals surface area contributed by atoms with Crippen LogP contribution in [0.3, 0.4) is 0 Å². The van der Waals surface area contributed by atoms with Crippen LogP contribution < -0.4 is 5.32 Å². The fourth-order valence-electron chi connectivity index (χ4n) is 1.80. The summed E-state index contributed by atoms with van der Waals surface area (Å²) in [6.07, 6.45) is 0. The van der Waals surface area contributed by atoms with Gasteiger partial charge in [0.25, 0.3) is 0 Å². The highest BCUT2D eigenvalue weighted by atomic mass is 19.1. The summed E-state index contributed by atoms with van der Waals surface area (Å²) < 4.78 is 13.2. The summed E-state index contributed by atoms with van der Waals surface area (Å²) in [4.78, 5) is 24.4. The summed E-state index contributed by atoms with van der Waals surface area (Å²) in [5.41, 5.74) is -0.295. The fourth-order valence-corrected chi connectivity index (χ4v) is 1.80. The molecule has 2 amide bonds. The van der Waals surface area contributed by atoms with E-state index >= 15 is 0 Å². The summed E-state index contributed by atoms with van der Waals surface area (Å²) >= 11 is 0. The number of carbonyl (C=O) groups excluding carboxylic acids is 1. The van der Waals surface area contributed by atoms with Crippen LogP contribution in [0.25, 0.3) is 0 Å². The molecule has 20 heavy (non-hydrogen) atoms. The molecule has 0 saturated heterocycles. The van der Waals surface area contributed by atoms with Crippen LogP contribution in [0.1, 0.15) is 31.1 Å². The molecule has 1 aromatic carbocycles. The SMILES string of the molecule is CN(CC(C)(C)C)C(=O)Nc1cc(F)ccc1C(=O)O. The van der Waals surface area contributed by atoms with Gasteiger partial charge in [-0.15, -0.1) is 0 Å². The normalized spacial score (nSPS) is 11.1. The zero-order chi connectivity index (χ0) is 15.5. The van der Waals surface area contributed by atoms with E-state index in [0.29, 0.717) is 6.54 Å². The third-order valence-corrected chi connectivity index (χ3v) is 2.51. The number of hydrogen-bond acceptors (Lipinski definition) is 2. The minimum absolute atomic E-state index is 0.0525. The van der Waals surface area contributed by atoms with Crippen molar-refractivity contribution in [2.75, 3.05) is 18.9 Å². The first-order chi connectivity index (χ1) is 9.10. The quantitative estimate of drug-likeness (QED) is 0.895. The molecule has 5 nitrogen and oxygen atoms in total. The van der Waals surface area contributed by atoms with E-state index in [2.05, 4.69) is 5.32 Å². The van der Waals surface area contributed by atoms with E-state index in [1.807, 2.05) is 20.8 Å². The van der Waals surface area contributed by atoms with Crippen LogP contribution in [0.4, 0.5) is 14.9 Å². The van der Waals surface area contributed by atoms with Crippen LogP contribution in [-0.4, -0.2) is 35.6 Å². The largest absolute Gasteiger partial charge is 0.478 e. The lowest BCUT2D eigenvalue weighted by Crippen LogP contribution is -2.37. The van der Waals surface area contributed by atoms with E-state index < -0.39 is 17.8 Å². The van der Waals surface area contributed by atoms with Crippen molar-refractivity contribution in [3.8, 4) is 0 Å². The second-order valence-electron chi connectivity index (χ2n) is 5.84. The molecule has 0 saturated carbocycles. The number of carboxylic acids is 1. The molecule has 0 bridgehead atoms. The number of halogens is 1. The maximum absolute atomic E-state index is 13.2. The number of benzene rings is 1. The maximum atomic E-state index is 13.2. The number of urea groups is 1. The molecule has 0 aliphatic heterocycles. The Morgan fingerprint density at radius 1 is 1.35 bits per heavy atom. The standard InChI is InChI=1S/C14H19FN2O3/c1-14(2,3)8-17(4)13(20)16-11-7-9(15)5-6-10(11)12(18)19/h5-7H,8H2,1-4H3,(H,16,20)(H,18,19). The van der Waals surface area contributed by atoms with E-state index in [1.165, 1.54) is 4.90 Å². The molecule has 0 unspecified atom stereocenters. The second kappa shape index (κ2) is 5.90. The Labute approximate surface area is 117 Å². The van der Waals surface area contributed by atoms with Crippen molar-refractivity contribution in [3.05, 3.63) is 29.6 Å². The van der Waals surface area contributed by atoms with Crippen molar-refractivity contribution in [2.45, 2.75) is 20.8 Å². The lowest BCUT2D eigenvalue weighted by molar-refractivity contribution is 0.0698. The molecule has 0 spiro atoms. The van der Waals surface area contributed by atoms with Crippen molar-refractivity contribution in [3.63, 3.8) is 0 Å². The lowest BCUT2D eigenvalue weighted by atomic mass is 9.96. The lowest BCUT2D eigenvalue weighted by Gasteiger charge is -2.27. The molecule has 1 rings (SSSR count). The van der Waals surface area contributed by atoms with Gasteiger partial charge in [0.05, 0.1) is 11.3 Å². The number of carboxylic acid groups (broad SMARTS) is 1. The van der Waals surface area contributed by atoms with Gasteiger partial charge >= 0.3 is 12.0 Å². The van der Waals surface area contributed by atoms with Crippen molar-refractivity contribution in [1.29, 1.82) is 0 Å². The summed E-state index contributed by atoms with van der Waals surface area (Å²) in [6, 6.07) is 2.68. The minimum atomic E-state index is -1.22. The van der Waals surface area contributed by atoms with Gasteiger partial charge in [-0.25, -0.2) is 14.0 Å². The smallest absolute Gasteiger partial charge is 0.337 e.